The molecule has 0 aliphatic carbocycles. The average molecular weight is 369 g/mol. The zero-order valence-electron chi connectivity index (χ0n) is 14.1. The van der Waals surface area contributed by atoms with E-state index in [1.54, 1.807) is 35.5 Å². The van der Waals surface area contributed by atoms with E-state index in [0.29, 0.717) is 29.1 Å². The number of hydrogen-bond donors (Lipinski definition) is 0. The molecule has 4 nitrogen and oxygen atoms in total. The fraction of sp³-hybridized carbons (Fsp3) is 0.150. The molecule has 0 saturated carbocycles. The van der Waals surface area contributed by atoms with Crippen LogP contribution in [0.5, 0.6) is 0 Å². The third kappa shape index (κ3) is 3.40. The van der Waals surface area contributed by atoms with Crippen LogP contribution in [-0.2, 0) is 23.9 Å². The summed E-state index contributed by atoms with van der Waals surface area (Å²) in [5.41, 5.74) is 2.33. The van der Waals surface area contributed by atoms with Crippen molar-refractivity contribution in [1.82, 2.24) is 9.97 Å². The van der Waals surface area contributed by atoms with Gasteiger partial charge in [-0.05, 0) is 35.4 Å². The minimum Gasteiger partial charge on any atom is -0.306 e. The molecule has 2 aromatic heterocycles. The summed E-state index contributed by atoms with van der Waals surface area (Å²) in [6.07, 6.45) is 0.599. The SMILES string of the molecule is O=C1Cc2ncc(-c3cccc(C(F)(F)F)c3)cc2N1Cc1cccnc1. The predicted molar refractivity (Wildman–Crippen MR) is 93.8 cm³/mol. The van der Waals surface area contributed by atoms with Gasteiger partial charge in [-0.3, -0.25) is 14.8 Å². The Morgan fingerprint density at radius 3 is 2.63 bits per heavy atom. The molecule has 4 rings (SSSR count). The maximum absolute atomic E-state index is 13.0. The molecule has 136 valence electrons. The van der Waals surface area contributed by atoms with E-state index in [1.807, 2.05) is 6.07 Å². The van der Waals surface area contributed by atoms with Gasteiger partial charge in [0.05, 0.1) is 29.9 Å². The van der Waals surface area contributed by atoms with Gasteiger partial charge in [-0.15, -0.1) is 0 Å². The number of fused-ring (bicyclic) bond motifs is 1. The van der Waals surface area contributed by atoms with Gasteiger partial charge in [-0.1, -0.05) is 18.2 Å². The molecule has 0 atom stereocenters. The van der Waals surface area contributed by atoms with E-state index in [2.05, 4.69) is 9.97 Å². The number of carbonyl (C=O) groups is 1. The number of pyridine rings is 2. The Morgan fingerprint density at radius 1 is 1.04 bits per heavy atom. The minimum atomic E-state index is -4.41. The Balaban J connectivity index is 1.70. The first-order valence-electron chi connectivity index (χ1n) is 8.27. The number of aromatic nitrogens is 2. The van der Waals surface area contributed by atoms with Crippen molar-refractivity contribution < 1.29 is 18.0 Å². The smallest absolute Gasteiger partial charge is 0.306 e. The number of halogens is 3. The quantitative estimate of drug-likeness (QED) is 0.693. The van der Waals surface area contributed by atoms with Crippen molar-refractivity contribution in [3.63, 3.8) is 0 Å². The van der Waals surface area contributed by atoms with Crippen molar-refractivity contribution in [2.75, 3.05) is 4.90 Å². The van der Waals surface area contributed by atoms with Crippen LogP contribution in [0.25, 0.3) is 11.1 Å². The van der Waals surface area contributed by atoms with Gasteiger partial charge in [-0.25, -0.2) is 0 Å². The summed E-state index contributed by atoms with van der Waals surface area (Å²) in [5, 5.41) is 0. The number of hydrogen-bond acceptors (Lipinski definition) is 3. The molecule has 0 unspecified atom stereocenters. The van der Waals surface area contributed by atoms with Gasteiger partial charge in [0.25, 0.3) is 0 Å². The molecule has 0 saturated heterocycles. The number of benzene rings is 1. The molecule has 0 N–H and O–H groups in total. The molecule has 27 heavy (non-hydrogen) atoms. The van der Waals surface area contributed by atoms with E-state index in [4.69, 9.17) is 0 Å². The summed E-state index contributed by atoms with van der Waals surface area (Å²) in [5.74, 6) is -0.0949. The number of carbonyl (C=O) groups excluding carboxylic acids is 1. The topological polar surface area (TPSA) is 46.1 Å². The van der Waals surface area contributed by atoms with Crippen LogP contribution in [0.15, 0.2) is 61.1 Å². The Bertz CT molecular complexity index is 1000. The molecule has 1 amide bonds. The summed E-state index contributed by atoms with van der Waals surface area (Å²) in [6.45, 7) is 0.341. The number of nitrogens with zero attached hydrogens (tertiary/aromatic N) is 3. The second-order valence-electron chi connectivity index (χ2n) is 6.29. The largest absolute Gasteiger partial charge is 0.416 e. The van der Waals surface area contributed by atoms with Crippen LogP contribution in [0, 0.1) is 0 Å². The van der Waals surface area contributed by atoms with E-state index in [0.717, 1.165) is 17.7 Å². The van der Waals surface area contributed by atoms with Crippen molar-refractivity contribution in [2.24, 2.45) is 0 Å². The van der Waals surface area contributed by atoms with Gasteiger partial charge in [0.15, 0.2) is 0 Å². The standard InChI is InChI=1S/C20H14F3N3O/c21-20(22,23)16-5-1-4-14(7-16)15-8-18-17(25-11-15)9-19(27)26(18)12-13-3-2-6-24-10-13/h1-8,10-11H,9,12H2. The van der Waals surface area contributed by atoms with Gasteiger partial charge in [0.2, 0.25) is 5.91 Å². The zero-order chi connectivity index (χ0) is 19.0. The van der Waals surface area contributed by atoms with Gasteiger partial charge in [0.1, 0.15) is 0 Å². The van der Waals surface area contributed by atoms with Crippen molar-refractivity contribution in [3.05, 3.63) is 77.9 Å². The van der Waals surface area contributed by atoms with Crippen LogP contribution >= 0.6 is 0 Å². The van der Waals surface area contributed by atoms with E-state index in [9.17, 15) is 18.0 Å². The molecule has 1 aliphatic heterocycles. The summed E-state index contributed by atoms with van der Waals surface area (Å²) in [7, 11) is 0. The first-order chi connectivity index (χ1) is 12.9. The number of anilines is 1. The van der Waals surface area contributed by atoms with Crippen LogP contribution in [0.1, 0.15) is 16.8 Å². The molecule has 0 bridgehead atoms. The highest BCUT2D eigenvalue weighted by atomic mass is 19.4. The molecular weight excluding hydrogens is 355 g/mol. The summed E-state index contributed by atoms with van der Waals surface area (Å²) >= 11 is 0. The molecule has 3 heterocycles. The third-order valence-corrected chi connectivity index (χ3v) is 4.44. The lowest BCUT2D eigenvalue weighted by atomic mass is 10.0. The first-order valence-corrected chi connectivity index (χ1v) is 8.27. The second kappa shape index (κ2) is 6.50. The van der Waals surface area contributed by atoms with Crippen molar-refractivity contribution in [1.29, 1.82) is 0 Å². The second-order valence-corrected chi connectivity index (χ2v) is 6.29. The fourth-order valence-electron chi connectivity index (χ4n) is 3.10. The van der Waals surface area contributed by atoms with Crippen LogP contribution < -0.4 is 4.90 Å². The van der Waals surface area contributed by atoms with Crippen molar-refractivity contribution in [2.45, 2.75) is 19.1 Å². The molecule has 0 fully saturated rings. The van der Waals surface area contributed by atoms with E-state index >= 15 is 0 Å². The highest BCUT2D eigenvalue weighted by Crippen LogP contribution is 2.35. The molecule has 1 aromatic carbocycles. The van der Waals surface area contributed by atoms with E-state index in [-0.39, 0.29) is 12.3 Å². The first kappa shape index (κ1) is 17.2. The number of rotatable bonds is 3. The van der Waals surface area contributed by atoms with Crippen LogP contribution in [0.3, 0.4) is 0 Å². The molecule has 0 spiro atoms. The van der Waals surface area contributed by atoms with Crippen LogP contribution in [0.2, 0.25) is 0 Å². The molecule has 7 heteroatoms. The van der Waals surface area contributed by atoms with Gasteiger partial charge >= 0.3 is 6.18 Å². The molecule has 3 aromatic rings. The fourth-order valence-corrected chi connectivity index (χ4v) is 3.10. The maximum Gasteiger partial charge on any atom is 0.416 e. The lowest BCUT2D eigenvalue weighted by molar-refractivity contribution is -0.137. The summed E-state index contributed by atoms with van der Waals surface area (Å²) < 4.78 is 39.0. The zero-order valence-corrected chi connectivity index (χ0v) is 14.1. The Hall–Kier alpha value is -3.22. The predicted octanol–water partition coefficient (Wildman–Crippen LogP) is 4.25. The lowest BCUT2D eigenvalue weighted by Gasteiger charge is -2.18. The number of alkyl halides is 3. The molecule has 1 aliphatic rings. The monoisotopic (exact) mass is 369 g/mol. The average Bonchev–Trinajstić information content (AvgIpc) is 2.97. The highest BCUT2D eigenvalue weighted by molar-refractivity contribution is 6.01. The van der Waals surface area contributed by atoms with Crippen molar-refractivity contribution >= 4 is 11.6 Å². The summed E-state index contributed by atoms with van der Waals surface area (Å²) in [6, 6.07) is 10.5. The Labute approximate surface area is 153 Å². The normalized spacial score (nSPS) is 13.7. The number of amides is 1. The minimum absolute atomic E-state index is 0.0949. The van der Waals surface area contributed by atoms with Gasteiger partial charge in [-0.2, -0.15) is 13.2 Å². The van der Waals surface area contributed by atoms with E-state index in [1.165, 1.54) is 12.3 Å². The van der Waals surface area contributed by atoms with E-state index < -0.39 is 11.7 Å². The Kier molecular flexibility index (Phi) is 4.14. The third-order valence-electron chi connectivity index (χ3n) is 4.44. The van der Waals surface area contributed by atoms with Crippen LogP contribution in [0.4, 0.5) is 18.9 Å². The molecule has 0 radical (unpaired) electrons. The van der Waals surface area contributed by atoms with Gasteiger partial charge in [0, 0.05) is 24.2 Å². The van der Waals surface area contributed by atoms with Crippen molar-refractivity contribution in [3.8, 4) is 11.1 Å². The van der Waals surface area contributed by atoms with Crippen LogP contribution in [-0.4, -0.2) is 15.9 Å². The molecular formula is C20H14F3N3O. The van der Waals surface area contributed by atoms with Gasteiger partial charge < -0.3 is 4.90 Å². The maximum atomic E-state index is 13.0. The Morgan fingerprint density at radius 2 is 1.89 bits per heavy atom. The highest BCUT2D eigenvalue weighted by Gasteiger charge is 2.31. The lowest BCUT2D eigenvalue weighted by Crippen LogP contribution is -2.26. The summed E-state index contributed by atoms with van der Waals surface area (Å²) in [4.78, 5) is 22.3.